The number of para-hydroxylation sites is 1. The molecule has 3 rings (SSSR count). The van der Waals surface area contributed by atoms with Crippen molar-refractivity contribution >= 4 is 5.91 Å². The summed E-state index contributed by atoms with van der Waals surface area (Å²) < 4.78 is 7.36. The second kappa shape index (κ2) is 7.77. The fraction of sp³-hybridized carbons (Fsp3) is 0.429. The van der Waals surface area contributed by atoms with Gasteiger partial charge >= 0.3 is 0 Å². The lowest BCUT2D eigenvalue weighted by molar-refractivity contribution is 0.0943. The van der Waals surface area contributed by atoms with Crippen LogP contribution in [0.25, 0.3) is 0 Å². The summed E-state index contributed by atoms with van der Waals surface area (Å²) in [4.78, 5) is 25.1. The highest BCUT2D eigenvalue weighted by Crippen LogP contribution is 2.26. The van der Waals surface area contributed by atoms with Gasteiger partial charge < -0.3 is 14.6 Å². The van der Waals surface area contributed by atoms with E-state index in [4.69, 9.17) is 4.74 Å². The van der Waals surface area contributed by atoms with Crippen LogP contribution in [0.1, 0.15) is 40.5 Å². The number of amides is 1. The molecule has 0 radical (unpaired) electrons. The van der Waals surface area contributed by atoms with Crippen molar-refractivity contribution in [3.63, 3.8) is 0 Å². The highest BCUT2D eigenvalue weighted by Gasteiger charge is 2.20. The Morgan fingerprint density at radius 1 is 1.35 bits per heavy atom. The van der Waals surface area contributed by atoms with Gasteiger partial charge in [-0.2, -0.15) is 0 Å². The van der Waals surface area contributed by atoms with E-state index in [9.17, 15) is 9.59 Å². The number of nitrogens with zero attached hydrogens (tertiary/aromatic N) is 1. The number of aromatic nitrogens is 1. The molecule has 0 spiro atoms. The van der Waals surface area contributed by atoms with E-state index in [-0.39, 0.29) is 17.0 Å². The van der Waals surface area contributed by atoms with Gasteiger partial charge in [0, 0.05) is 19.3 Å². The summed E-state index contributed by atoms with van der Waals surface area (Å²) in [6.45, 7) is 5.12. The normalized spacial score (nSPS) is 16.3. The number of benzene rings is 1. The first-order valence-corrected chi connectivity index (χ1v) is 9.19. The van der Waals surface area contributed by atoms with Gasteiger partial charge in [-0.25, -0.2) is 0 Å². The van der Waals surface area contributed by atoms with Crippen LogP contribution in [0.4, 0.5) is 0 Å². The first-order chi connectivity index (χ1) is 12.5. The standard InChI is InChI=1S/C21H26N2O3/c1-4-18-14(2)11-17(21(25)23(18)3)20(24)22-13-15-9-10-26-19-8-6-5-7-16(19)12-15/h5-8,11,15H,4,9-10,12-13H2,1-3H3,(H,22,24). The molecule has 0 fully saturated rings. The Bertz CT molecular complexity index is 870. The van der Waals surface area contributed by atoms with Crippen molar-refractivity contribution in [2.45, 2.75) is 33.1 Å². The number of aryl methyl sites for hydroxylation is 1. The maximum atomic E-state index is 12.6. The van der Waals surface area contributed by atoms with E-state index < -0.39 is 0 Å². The van der Waals surface area contributed by atoms with Crippen molar-refractivity contribution < 1.29 is 9.53 Å². The third kappa shape index (κ3) is 3.66. The molecule has 26 heavy (non-hydrogen) atoms. The van der Waals surface area contributed by atoms with E-state index in [2.05, 4.69) is 11.4 Å². The molecule has 138 valence electrons. The van der Waals surface area contributed by atoms with Gasteiger partial charge in [0.2, 0.25) is 0 Å². The average molecular weight is 354 g/mol. The molecular weight excluding hydrogens is 328 g/mol. The van der Waals surface area contributed by atoms with E-state index >= 15 is 0 Å². The molecule has 1 aliphatic rings. The van der Waals surface area contributed by atoms with Crippen molar-refractivity contribution in [1.29, 1.82) is 0 Å². The number of rotatable bonds is 4. The van der Waals surface area contributed by atoms with Gasteiger partial charge in [0.1, 0.15) is 11.3 Å². The topological polar surface area (TPSA) is 60.3 Å². The summed E-state index contributed by atoms with van der Waals surface area (Å²) in [6.07, 6.45) is 2.50. The molecule has 2 heterocycles. The number of carbonyl (C=O) groups excluding carboxylic acids is 1. The molecule has 1 aliphatic heterocycles. The third-order valence-electron chi connectivity index (χ3n) is 5.15. The molecule has 1 unspecified atom stereocenters. The molecule has 0 bridgehead atoms. The Hall–Kier alpha value is -2.56. The smallest absolute Gasteiger partial charge is 0.263 e. The summed E-state index contributed by atoms with van der Waals surface area (Å²) in [5.41, 5.74) is 3.08. The largest absolute Gasteiger partial charge is 0.493 e. The number of hydrogen-bond donors (Lipinski definition) is 1. The van der Waals surface area contributed by atoms with Gasteiger partial charge in [0.15, 0.2) is 0 Å². The lowest BCUT2D eigenvalue weighted by Crippen LogP contribution is -2.36. The van der Waals surface area contributed by atoms with Crippen molar-refractivity contribution in [3.05, 3.63) is 63.1 Å². The van der Waals surface area contributed by atoms with Gasteiger partial charge in [0.25, 0.3) is 11.5 Å². The van der Waals surface area contributed by atoms with Crippen LogP contribution in [-0.4, -0.2) is 23.6 Å². The van der Waals surface area contributed by atoms with Gasteiger partial charge in [-0.3, -0.25) is 9.59 Å². The van der Waals surface area contributed by atoms with Gasteiger partial charge in [-0.05, 0) is 55.4 Å². The quantitative estimate of drug-likeness (QED) is 0.918. The first-order valence-electron chi connectivity index (χ1n) is 9.19. The van der Waals surface area contributed by atoms with Gasteiger partial charge in [0.05, 0.1) is 6.61 Å². The number of carbonyl (C=O) groups is 1. The summed E-state index contributed by atoms with van der Waals surface area (Å²) >= 11 is 0. The molecule has 1 aromatic carbocycles. The van der Waals surface area contributed by atoms with Crippen LogP contribution in [0.5, 0.6) is 5.75 Å². The molecule has 0 aliphatic carbocycles. The summed E-state index contributed by atoms with van der Waals surface area (Å²) in [6, 6.07) is 9.74. The Balaban J connectivity index is 1.71. The van der Waals surface area contributed by atoms with E-state index in [0.29, 0.717) is 19.1 Å². The molecule has 1 N–H and O–H groups in total. The van der Waals surface area contributed by atoms with Crippen LogP contribution < -0.4 is 15.6 Å². The maximum Gasteiger partial charge on any atom is 0.263 e. The third-order valence-corrected chi connectivity index (χ3v) is 5.15. The van der Waals surface area contributed by atoms with Crippen LogP contribution in [0.2, 0.25) is 0 Å². The highest BCUT2D eigenvalue weighted by atomic mass is 16.5. The minimum absolute atomic E-state index is 0.215. The second-order valence-corrected chi connectivity index (χ2v) is 6.93. The molecule has 0 saturated carbocycles. The molecule has 5 nitrogen and oxygen atoms in total. The fourth-order valence-corrected chi connectivity index (χ4v) is 3.68. The predicted molar refractivity (Wildman–Crippen MR) is 102 cm³/mol. The zero-order valence-corrected chi connectivity index (χ0v) is 15.7. The monoisotopic (exact) mass is 354 g/mol. The molecule has 1 amide bonds. The van der Waals surface area contributed by atoms with E-state index in [1.54, 1.807) is 17.7 Å². The SMILES string of the molecule is CCc1c(C)cc(C(=O)NCC2CCOc3ccccc3C2)c(=O)n1C. The number of ether oxygens (including phenoxy) is 1. The van der Waals surface area contributed by atoms with Crippen molar-refractivity contribution in [1.82, 2.24) is 9.88 Å². The van der Waals surface area contributed by atoms with Gasteiger partial charge in [-0.15, -0.1) is 0 Å². The lowest BCUT2D eigenvalue weighted by atomic mass is 9.97. The lowest BCUT2D eigenvalue weighted by Gasteiger charge is -2.16. The predicted octanol–water partition coefficient (Wildman–Crippen LogP) is 2.63. The Morgan fingerprint density at radius 2 is 2.12 bits per heavy atom. The first kappa shape index (κ1) is 18.2. The number of hydrogen-bond acceptors (Lipinski definition) is 3. The fourth-order valence-electron chi connectivity index (χ4n) is 3.68. The zero-order chi connectivity index (χ0) is 18.7. The number of fused-ring (bicyclic) bond motifs is 1. The average Bonchev–Trinajstić information content (AvgIpc) is 2.85. The molecular formula is C21H26N2O3. The Morgan fingerprint density at radius 3 is 2.88 bits per heavy atom. The van der Waals surface area contributed by atoms with Crippen LogP contribution in [0.15, 0.2) is 35.1 Å². The van der Waals surface area contributed by atoms with Crippen LogP contribution in [0, 0.1) is 12.8 Å². The summed E-state index contributed by atoms with van der Waals surface area (Å²) in [5.74, 6) is 0.929. The Kier molecular flexibility index (Phi) is 5.45. The molecule has 0 saturated heterocycles. The molecule has 2 aromatic rings. The number of nitrogens with one attached hydrogen (secondary N) is 1. The minimum atomic E-state index is -0.296. The van der Waals surface area contributed by atoms with Gasteiger partial charge in [-0.1, -0.05) is 25.1 Å². The van der Waals surface area contributed by atoms with Crippen molar-refractivity contribution in [3.8, 4) is 5.75 Å². The molecule has 1 aromatic heterocycles. The molecule has 5 heteroatoms. The second-order valence-electron chi connectivity index (χ2n) is 6.93. The van der Waals surface area contributed by atoms with Crippen LogP contribution >= 0.6 is 0 Å². The minimum Gasteiger partial charge on any atom is -0.493 e. The zero-order valence-electron chi connectivity index (χ0n) is 15.7. The summed E-state index contributed by atoms with van der Waals surface area (Å²) in [5, 5.41) is 2.95. The maximum absolute atomic E-state index is 12.6. The summed E-state index contributed by atoms with van der Waals surface area (Å²) in [7, 11) is 1.73. The van der Waals surface area contributed by atoms with Crippen LogP contribution in [-0.2, 0) is 19.9 Å². The van der Waals surface area contributed by atoms with Crippen molar-refractivity contribution in [2.75, 3.05) is 13.2 Å². The van der Waals surface area contributed by atoms with Crippen LogP contribution in [0.3, 0.4) is 0 Å². The van der Waals surface area contributed by atoms with Crippen molar-refractivity contribution in [2.24, 2.45) is 13.0 Å². The van der Waals surface area contributed by atoms with E-state index in [1.807, 2.05) is 32.0 Å². The number of pyridine rings is 1. The molecule has 1 atom stereocenters. The van der Waals surface area contributed by atoms with E-state index in [1.165, 1.54) is 5.56 Å². The highest BCUT2D eigenvalue weighted by molar-refractivity contribution is 5.94. The Labute approximate surface area is 154 Å². The van der Waals surface area contributed by atoms with E-state index in [0.717, 1.165) is 36.3 Å².